The third kappa shape index (κ3) is 3.21. The summed E-state index contributed by atoms with van der Waals surface area (Å²) in [6.07, 6.45) is 10.2. The zero-order chi connectivity index (χ0) is 12.6. The zero-order valence-corrected chi connectivity index (χ0v) is 10.3. The van der Waals surface area contributed by atoms with Gasteiger partial charge in [-0.25, -0.2) is 0 Å². The van der Waals surface area contributed by atoms with Crippen LogP contribution in [0.2, 0.25) is 0 Å². The highest BCUT2D eigenvalue weighted by atomic mass is 15.9. The van der Waals surface area contributed by atoms with Crippen molar-refractivity contribution < 1.29 is 0 Å². The van der Waals surface area contributed by atoms with Gasteiger partial charge in [-0.1, -0.05) is 6.08 Å². The van der Waals surface area contributed by atoms with Crippen LogP contribution < -0.4 is 10.4 Å². The number of hydrogen-bond donors (Lipinski definition) is 1. The Bertz CT molecular complexity index is 399. The largest absolute Gasteiger partial charge is 0.313 e. The molecule has 0 amide bonds. The van der Waals surface area contributed by atoms with E-state index < -0.39 is 0 Å². The third-order valence-corrected chi connectivity index (χ3v) is 2.45. The Balaban J connectivity index is 1.92. The van der Waals surface area contributed by atoms with E-state index >= 15 is 0 Å². The maximum absolute atomic E-state index is 4.23. The van der Waals surface area contributed by atoms with Crippen LogP contribution >= 0.6 is 0 Å². The molecule has 0 bridgehead atoms. The molecule has 96 valence electrons. The maximum atomic E-state index is 4.23. The Kier molecular flexibility index (Phi) is 4.54. The van der Waals surface area contributed by atoms with E-state index in [1.54, 1.807) is 22.0 Å². The van der Waals surface area contributed by atoms with Gasteiger partial charge in [-0.3, -0.25) is 0 Å². The lowest BCUT2D eigenvalue weighted by atomic mass is 10.4. The molecule has 0 fully saturated rings. The average molecular weight is 246 g/mol. The number of aromatic nitrogens is 4. The van der Waals surface area contributed by atoms with Crippen LogP contribution in [0.25, 0.3) is 0 Å². The molecule has 0 atom stereocenters. The van der Waals surface area contributed by atoms with Crippen LogP contribution in [0.1, 0.15) is 6.42 Å². The SMILES string of the molecule is C=CCNCCCN(n1cccn1)n1cccn1. The summed E-state index contributed by atoms with van der Waals surface area (Å²) in [6, 6.07) is 3.79. The van der Waals surface area contributed by atoms with E-state index in [2.05, 4.69) is 22.1 Å². The standard InChI is InChI=1S/C12H18N6/c1-2-6-13-7-3-12-18(16-10-4-8-14-16)17-11-5-9-15-17/h2,4-5,8-11,13H,1,3,6-7,12H2. The molecule has 0 aliphatic carbocycles. The summed E-state index contributed by atoms with van der Waals surface area (Å²) in [5.74, 6) is 0. The summed E-state index contributed by atoms with van der Waals surface area (Å²) >= 11 is 0. The Morgan fingerprint density at radius 3 is 2.33 bits per heavy atom. The molecule has 6 nitrogen and oxygen atoms in total. The predicted molar refractivity (Wildman–Crippen MR) is 70.6 cm³/mol. The second-order valence-electron chi connectivity index (χ2n) is 3.80. The molecular formula is C12H18N6. The van der Waals surface area contributed by atoms with E-state index in [1.165, 1.54) is 0 Å². The lowest BCUT2D eigenvalue weighted by Gasteiger charge is -2.23. The fourth-order valence-electron chi connectivity index (χ4n) is 1.64. The van der Waals surface area contributed by atoms with Crippen molar-refractivity contribution >= 4 is 0 Å². The minimum atomic E-state index is 0.827. The van der Waals surface area contributed by atoms with Crippen LogP contribution in [-0.2, 0) is 0 Å². The molecule has 6 heteroatoms. The van der Waals surface area contributed by atoms with Gasteiger partial charge in [0, 0.05) is 6.54 Å². The van der Waals surface area contributed by atoms with Crippen LogP contribution in [0.15, 0.2) is 49.6 Å². The number of rotatable bonds is 8. The van der Waals surface area contributed by atoms with Crippen molar-refractivity contribution in [3.63, 3.8) is 0 Å². The summed E-state index contributed by atoms with van der Waals surface area (Å²) in [5, 5.41) is 13.7. The molecule has 0 unspecified atom stereocenters. The lowest BCUT2D eigenvalue weighted by molar-refractivity contribution is 0.422. The summed E-state index contributed by atoms with van der Waals surface area (Å²) in [6.45, 7) is 6.27. The molecule has 0 radical (unpaired) electrons. The Morgan fingerprint density at radius 1 is 1.17 bits per heavy atom. The fraction of sp³-hybridized carbons (Fsp3) is 0.333. The quantitative estimate of drug-likeness (QED) is 0.549. The molecule has 2 heterocycles. The van der Waals surface area contributed by atoms with E-state index in [0.29, 0.717) is 0 Å². The second-order valence-corrected chi connectivity index (χ2v) is 3.80. The van der Waals surface area contributed by atoms with Crippen molar-refractivity contribution in [2.24, 2.45) is 0 Å². The van der Waals surface area contributed by atoms with Gasteiger partial charge in [-0.05, 0) is 25.1 Å². The van der Waals surface area contributed by atoms with Gasteiger partial charge in [0.1, 0.15) is 0 Å². The topological polar surface area (TPSA) is 50.9 Å². The predicted octanol–water partition coefficient (Wildman–Crippen LogP) is 0.647. The smallest absolute Gasteiger partial charge is 0.0619 e. The van der Waals surface area contributed by atoms with Gasteiger partial charge in [0.2, 0.25) is 0 Å². The molecule has 0 aliphatic heterocycles. The van der Waals surface area contributed by atoms with E-state index in [9.17, 15) is 0 Å². The molecule has 1 N–H and O–H groups in total. The molecule has 0 saturated heterocycles. The van der Waals surface area contributed by atoms with E-state index in [0.717, 1.165) is 26.1 Å². The number of hydrogen-bond acceptors (Lipinski definition) is 4. The first-order chi connectivity index (χ1) is 8.92. The highest BCUT2D eigenvalue weighted by Crippen LogP contribution is 1.95. The monoisotopic (exact) mass is 246 g/mol. The van der Waals surface area contributed by atoms with Crippen molar-refractivity contribution in [3.8, 4) is 0 Å². The first-order valence-corrected chi connectivity index (χ1v) is 6.01. The minimum Gasteiger partial charge on any atom is -0.313 e. The lowest BCUT2D eigenvalue weighted by Crippen LogP contribution is -2.42. The average Bonchev–Trinajstić information content (AvgIpc) is 3.06. The van der Waals surface area contributed by atoms with Crippen molar-refractivity contribution in [2.45, 2.75) is 6.42 Å². The fourth-order valence-corrected chi connectivity index (χ4v) is 1.64. The molecule has 0 aliphatic rings. The number of nitrogens with one attached hydrogen (secondary N) is 1. The Hall–Kier alpha value is -2.08. The molecule has 0 aromatic carbocycles. The van der Waals surface area contributed by atoms with Gasteiger partial charge < -0.3 is 5.32 Å². The highest BCUT2D eigenvalue weighted by molar-refractivity contribution is 4.90. The van der Waals surface area contributed by atoms with Gasteiger partial charge in [0.15, 0.2) is 0 Å². The molecule has 2 aromatic heterocycles. The Morgan fingerprint density at radius 2 is 1.83 bits per heavy atom. The Labute approximate surface area is 106 Å². The van der Waals surface area contributed by atoms with E-state index in [1.807, 2.05) is 35.7 Å². The first-order valence-electron chi connectivity index (χ1n) is 6.01. The first kappa shape index (κ1) is 12.4. The normalized spacial score (nSPS) is 10.4. The van der Waals surface area contributed by atoms with E-state index in [-0.39, 0.29) is 0 Å². The second kappa shape index (κ2) is 6.61. The maximum Gasteiger partial charge on any atom is 0.0619 e. The van der Waals surface area contributed by atoms with Gasteiger partial charge in [-0.2, -0.15) is 24.9 Å². The van der Waals surface area contributed by atoms with Gasteiger partial charge >= 0.3 is 0 Å². The van der Waals surface area contributed by atoms with Crippen LogP contribution in [0.5, 0.6) is 0 Å². The van der Waals surface area contributed by atoms with Crippen LogP contribution in [0.4, 0.5) is 0 Å². The van der Waals surface area contributed by atoms with E-state index in [4.69, 9.17) is 0 Å². The van der Waals surface area contributed by atoms with Crippen molar-refractivity contribution in [1.82, 2.24) is 25.1 Å². The zero-order valence-electron chi connectivity index (χ0n) is 10.3. The molecule has 18 heavy (non-hydrogen) atoms. The highest BCUT2D eigenvalue weighted by Gasteiger charge is 2.07. The van der Waals surface area contributed by atoms with Gasteiger partial charge in [0.25, 0.3) is 0 Å². The molecule has 2 rings (SSSR count). The summed E-state index contributed by atoms with van der Waals surface area (Å²) < 4.78 is 0. The minimum absolute atomic E-state index is 0.827. The summed E-state index contributed by atoms with van der Waals surface area (Å²) in [4.78, 5) is 3.56. The molecule has 2 aromatic rings. The molecular weight excluding hydrogens is 228 g/mol. The van der Waals surface area contributed by atoms with Gasteiger partial charge in [0.05, 0.1) is 31.3 Å². The summed E-state index contributed by atoms with van der Waals surface area (Å²) in [7, 11) is 0. The van der Waals surface area contributed by atoms with Crippen molar-refractivity contribution in [3.05, 3.63) is 49.6 Å². The molecule has 0 spiro atoms. The van der Waals surface area contributed by atoms with Crippen molar-refractivity contribution in [1.29, 1.82) is 0 Å². The third-order valence-electron chi connectivity index (χ3n) is 2.45. The molecule has 0 saturated carbocycles. The summed E-state index contributed by atoms with van der Waals surface area (Å²) in [5.41, 5.74) is 0. The van der Waals surface area contributed by atoms with Crippen LogP contribution in [0, 0.1) is 0 Å². The van der Waals surface area contributed by atoms with Crippen LogP contribution in [0.3, 0.4) is 0 Å². The number of nitrogens with zero attached hydrogens (tertiary/aromatic N) is 5. The van der Waals surface area contributed by atoms with Gasteiger partial charge in [-0.15, -0.1) is 6.58 Å². The van der Waals surface area contributed by atoms with Crippen molar-refractivity contribution in [2.75, 3.05) is 24.8 Å². The van der Waals surface area contributed by atoms with Crippen LogP contribution in [-0.4, -0.2) is 39.4 Å².